The SMILES string of the molecule is c1ccc(-n2c3ccccc3c3cc4c(cc32)c2ccccc2n4-c2cc(-c3cccc(-c4cccc(-n5c6ccccc6c6ccc7c(c8ccccc8n7-c7cccc(-c8ccc9oc%10ccccc%10c9c8)c7)c65)c4)c3)cc(-c3cccc(-n4c5ccccc5c5ccc6c(c7ccccc7n6-c6cccc(-c7ccc8oc9ccccc9c8c7)c6)c54)c3)c2)cc1. The lowest BCUT2D eigenvalue weighted by Gasteiger charge is -2.16. The van der Waals surface area contributed by atoms with Gasteiger partial charge in [0.1, 0.15) is 22.3 Å². The maximum absolute atomic E-state index is 6.32. The third kappa shape index (κ3) is 10.4. The van der Waals surface area contributed by atoms with E-state index >= 15 is 0 Å². The maximum Gasteiger partial charge on any atom is 0.135 e. The lowest BCUT2D eigenvalue weighted by Crippen LogP contribution is -1.98. The number of para-hydroxylation sites is 9. The average molecular weight is 1630 g/mol. The monoisotopic (exact) mass is 1630 g/mol. The molecule has 8 nitrogen and oxygen atoms in total. The first-order valence-electron chi connectivity index (χ1n) is 43.9. The number of nitrogens with zero attached hydrogens (tertiary/aromatic N) is 6. The molecule has 0 radical (unpaired) electrons. The van der Waals surface area contributed by atoms with Crippen LogP contribution in [0.2, 0.25) is 0 Å². The molecule has 8 aromatic heterocycles. The number of fused-ring (bicyclic) bond motifs is 26. The summed E-state index contributed by atoms with van der Waals surface area (Å²) < 4.78 is 27.6. The number of rotatable bonds is 11. The second kappa shape index (κ2) is 27.1. The van der Waals surface area contributed by atoms with Crippen LogP contribution in [0, 0.1) is 0 Å². The second-order valence-electron chi connectivity index (χ2n) is 34.2. The molecular formula is C120H72N6O2. The van der Waals surface area contributed by atoms with Gasteiger partial charge in [-0.3, -0.25) is 0 Å². The predicted molar refractivity (Wildman–Crippen MR) is 534 cm³/mol. The van der Waals surface area contributed by atoms with Crippen LogP contribution in [0.4, 0.5) is 0 Å². The Morgan fingerprint density at radius 1 is 0.125 bits per heavy atom. The fraction of sp³-hybridized carbons (Fsp3) is 0. The molecule has 0 bridgehead atoms. The molecule has 0 amide bonds. The molecule has 594 valence electrons. The van der Waals surface area contributed by atoms with Crippen molar-refractivity contribution in [3.63, 3.8) is 0 Å². The molecule has 8 heterocycles. The van der Waals surface area contributed by atoms with Crippen molar-refractivity contribution in [2.75, 3.05) is 0 Å². The van der Waals surface area contributed by atoms with Crippen molar-refractivity contribution >= 4 is 175 Å². The van der Waals surface area contributed by atoms with Gasteiger partial charge in [0.15, 0.2) is 0 Å². The summed E-state index contributed by atoms with van der Waals surface area (Å²) in [5.74, 6) is 0. The first-order chi connectivity index (χ1) is 63.5. The average Bonchev–Trinajstić information content (AvgIpc) is 1.55. The quantitative estimate of drug-likeness (QED) is 0.130. The number of hydrogen-bond acceptors (Lipinski definition) is 2. The summed E-state index contributed by atoms with van der Waals surface area (Å²) in [5, 5.41) is 18.8. The van der Waals surface area contributed by atoms with E-state index in [0.717, 1.165) is 183 Å². The molecule has 0 spiro atoms. The standard InChI is InChI=1S/C120H72N6O2/c1-2-31-83(32-3-1)121-103-45-12-6-39-91(103)99-72-112-100(71-111(99)121)92-40-7-13-46-104(92)124(112)88-67-81(62-82(68-88)78-30-24-36-87(66-78)126-106-48-15-5-38-90(106)96-56-58-110-118(120(96)126)98-44-9-17-50-108(98)123(110)85-34-22-29-77(64-85)80-54-60-116-102(70-80)94-42-11-19-52-114(94)128-116)74-26-20-25-73(61-74)75-27-23-35-86(65-75)125-105-47-14-4-37-89(105)95-55-57-109-117(119(95)125)97-43-8-16-49-107(97)122(109)84-33-21-28-76(63-84)79-53-59-115-101(69-79)93-41-10-18-51-113(93)127-115/h1-72H. The summed E-state index contributed by atoms with van der Waals surface area (Å²) in [5.41, 5.74) is 35.0. The van der Waals surface area contributed by atoms with Crippen LogP contribution in [0.25, 0.3) is 264 Å². The highest BCUT2D eigenvalue weighted by molar-refractivity contribution is 6.29. The molecule has 28 rings (SSSR count). The summed E-state index contributed by atoms with van der Waals surface area (Å²) in [6.07, 6.45) is 0. The molecule has 8 heteroatoms. The van der Waals surface area contributed by atoms with Crippen LogP contribution >= 0.6 is 0 Å². The zero-order chi connectivity index (χ0) is 83.5. The molecule has 0 unspecified atom stereocenters. The van der Waals surface area contributed by atoms with Crippen LogP contribution in [-0.4, -0.2) is 27.4 Å². The van der Waals surface area contributed by atoms with Crippen LogP contribution in [-0.2, 0) is 0 Å². The van der Waals surface area contributed by atoms with Crippen molar-refractivity contribution in [2.45, 2.75) is 0 Å². The topological polar surface area (TPSA) is 55.9 Å². The van der Waals surface area contributed by atoms with E-state index in [0.29, 0.717) is 0 Å². The minimum atomic E-state index is 0.886. The molecule has 0 N–H and O–H groups in total. The normalized spacial score (nSPS) is 12.2. The van der Waals surface area contributed by atoms with Gasteiger partial charge in [0.2, 0.25) is 0 Å². The van der Waals surface area contributed by atoms with Crippen LogP contribution < -0.4 is 0 Å². The van der Waals surface area contributed by atoms with E-state index in [9.17, 15) is 0 Å². The van der Waals surface area contributed by atoms with Gasteiger partial charge < -0.3 is 36.2 Å². The molecule has 0 atom stereocenters. The van der Waals surface area contributed by atoms with Gasteiger partial charge in [-0.15, -0.1) is 0 Å². The van der Waals surface area contributed by atoms with Crippen molar-refractivity contribution in [1.82, 2.24) is 27.4 Å². The highest BCUT2D eigenvalue weighted by atomic mass is 16.3. The fourth-order valence-corrected chi connectivity index (χ4v) is 21.7. The fourth-order valence-electron chi connectivity index (χ4n) is 21.7. The van der Waals surface area contributed by atoms with Crippen molar-refractivity contribution in [2.24, 2.45) is 0 Å². The highest BCUT2D eigenvalue weighted by Gasteiger charge is 2.27. The van der Waals surface area contributed by atoms with E-state index in [2.05, 4.69) is 440 Å². The summed E-state index contributed by atoms with van der Waals surface area (Å²) in [7, 11) is 0. The molecule has 0 saturated heterocycles. The van der Waals surface area contributed by atoms with E-state index in [1.807, 2.05) is 24.3 Å². The van der Waals surface area contributed by atoms with Gasteiger partial charge in [-0.1, -0.05) is 255 Å². The van der Waals surface area contributed by atoms with Crippen LogP contribution in [0.5, 0.6) is 0 Å². The smallest absolute Gasteiger partial charge is 0.135 e. The van der Waals surface area contributed by atoms with Crippen LogP contribution in [0.15, 0.2) is 446 Å². The molecule has 0 saturated carbocycles. The number of aromatic nitrogens is 6. The van der Waals surface area contributed by atoms with Crippen LogP contribution in [0.3, 0.4) is 0 Å². The Balaban J connectivity index is 0.617. The Kier molecular flexibility index (Phi) is 14.9. The highest BCUT2D eigenvalue weighted by Crippen LogP contribution is 2.49. The number of benzene rings is 20. The molecule has 0 aliphatic carbocycles. The van der Waals surface area contributed by atoms with Crippen molar-refractivity contribution in [3.8, 4) is 89.8 Å². The molecule has 0 aliphatic rings. The Morgan fingerprint density at radius 2 is 0.406 bits per heavy atom. The summed E-state index contributed by atoms with van der Waals surface area (Å²) >= 11 is 0. The van der Waals surface area contributed by atoms with Gasteiger partial charge in [0.05, 0.1) is 66.2 Å². The Labute approximate surface area is 732 Å². The van der Waals surface area contributed by atoms with Crippen LogP contribution in [0.1, 0.15) is 0 Å². The van der Waals surface area contributed by atoms with Gasteiger partial charge in [0, 0.05) is 120 Å². The summed E-state index contributed by atoms with van der Waals surface area (Å²) in [6.45, 7) is 0. The van der Waals surface area contributed by atoms with Crippen molar-refractivity contribution in [3.05, 3.63) is 437 Å². The summed E-state index contributed by atoms with van der Waals surface area (Å²) in [4.78, 5) is 0. The van der Waals surface area contributed by atoms with Gasteiger partial charge in [0.25, 0.3) is 0 Å². The second-order valence-corrected chi connectivity index (χ2v) is 34.2. The van der Waals surface area contributed by atoms with E-state index in [1.165, 1.54) is 81.2 Å². The van der Waals surface area contributed by atoms with E-state index in [4.69, 9.17) is 8.83 Å². The minimum Gasteiger partial charge on any atom is -0.456 e. The van der Waals surface area contributed by atoms with E-state index < -0.39 is 0 Å². The molecule has 128 heavy (non-hydrogen) atoms. The molecule has 0 aliphatic heterocycles. The Hall–Kier alpha value is -17.2. The lowest BCUT2D eigenvalue weighted by atomic mass is 9.95. The zero-order valence-corrected chi connectivity index (χ0v) is 69.1. The molecular weight excluding hydrogens is 1560 g/mol. The van der Waals surface area contributed by atoms with Gasteiger partial charge in [-0.25, -0.2) is 0 Å². The molecule has 20 aromatic carbocycles. The first-order valence-corrected chi connectivity index (χ1v) is 43.9. The van der Waals surface area contributed by atoms with E-state index in [-0.39, 0.29) is 0 Å². The Bertz CT molecular complexity index is 9620. The van der Waals surface area contributed by atoms with Gasteiger partial charge in [-0.2, -0.15) is 0 Å². The summed E-state index contributed by atoms with van der Waals surface area (Å²) in [6, 6.07) is 162. The van der Waals surface area contributed by atoms with Crippen molar-refractivity contribution in [1.29, 1.82) is 0 Å². The first kappa shape index (κ1) is 70.3. The van der Waals surface area contributed by atoms with Gasteiger partial charge >= 0.3 is 0 Å². The predicted octanol–water partition coefficient (Wildman–Crippen LogP) is 32.4. The largest absolute Gasteiger partial charge is 0.456 e. The Morgan fingerprint density at radius 3 is 0.844 bits per heavy atom. The van der Waals surface area contributed by atoms with E-state index in [1.54, 1.807) is 0 Å². The third-order valence-corrected chi connectivity index (χ3v) is 27.3. The van der Waals surface area contributed by atoms with Gasteiger partial charge in [-0.05, 0) is 238 Å². The van der Waals surface area contributed by atoms with Crippen molar-refractivity contribution < 1.29 is 8.83 Å². The minimum absolute atomic E-state index is 0.886. The number of furan rings is 2. The lowest BCUT2D eigenvalue weighted by molar-refractivity contribution is 0.668. The molecule has 28 aromatic rings. The maximum atomic E-state index is 6.32. The molecule has 0 fully saturated rings. The zero-order valence-electron chi connectivity index (χ0n) is 69.1. The number of hydrogen-bond donors (Lipinski definition) is 0. The third-order valence-electron chi connectivity index (χ3n) is 27.3.